The van der Waals surface area contributed by atoms with Crippen LogP contribution in [0.25, 0.3) is 0 Å². The van der Waals surface area contributed by atoms with Crippen LogP contribution in [0.2, 0.25) is 0 Å². The molecule has 0 atom stereocenters. The number of hydrogen-bond acceptors (Lipinski definition) is 3. The Kier molecular flexibility index (Phi) is 4.96. The molecule has 0 heterocycles. The largest absolute Gasteiger partial charge is 0.507 e. The number of para-hydroxylation sites is 1. The summed E-state index contributed by atoms with van der Waals surface area (Å²) >= 11 is 0. The van der Waals surface area contributed by atoms with Crippen LogP contribution in [0.5, 0.6) is 11.5 Å². The zero-order chi connectivity index (χ0) is 16.1. The lowest BCUT2D eigenvalue weighted by Crippen LogP contribution is -2.06. The van der Waals surface area contributed by atoms with Gasteiger partial charge >= 0.3 is 0 Å². The molecule has 2 aromatic rings. The number of rotatable bonds is 4. The zero-order valence-electron chi connectivity index (χ0n) is 13.5. The summed E-state index contributed by atoms with van der Waals surface area (Å²) in [7, 11) is 1.66. The Morgan fingerprint density at radius 2 is 1.83 bits per heavy atom. The van der Waals surface area contributed by atoms with Gasteiger partial charge in [0.2, 0.25) is 0 Å². The number of aliphatic imine (C=N–C) groups is 1. The van der Waals surface area contributed by atoms with E-state index in [-0.39, 0.29) is 0 Å². The van der Waals surface area contributed by atoms with Gasteiger partial charge in [-0.1, -0.05) is 37.5 Å². The molecule has 3 nitrogen and oxygen atoms in total. The molecule has 0 aromatic heterocycles. The van der Waals surface area contributed by atoms with Gasteiger partial charge in [-0.2, -0.15) is 0 Å². The smallest absolute Gasteiger partial charge is 0.128 e. The molecule has 120 valence electrons. The molecular formula is C20H23NO2. The maximum absolute atomic E-state index is 10.7. The minimum absolute atomic E-state index is 0.345. The number of aromatic hydroxyl groups is 1. The molecule has 0 radical (unpaired) electrons. The number of phenols is 1. The Hall–Kier alpha value is -2.29. The molecule has 1 aliphatic carbocycles. The van der Waals surface area contributed by atoms with Crippen molar-refractivity contribution in [2.45, 2.75) is 38.0 Å². The van der Waals surface area contributed by atoms with E-state index >= 15 is 0 Å². The van der Waals surface area contributed by atoms with E-state index < -0.39 is 0 Å². The molecule has 1 N–H and O–H groups in total. The summed E-state index contributed by atoms with van der Waals surface area (Å²) in [6.45, 7) is 0. The van der Waals surface area contributed by atoms with Gasteiger partial charge in [0.15, 0.2) is 0 Å². The van der Waals surface area contributed by atoms with Gasteiger partial charge in [-0.15, -0.1) is 0 Å². The normalized spacial score (nSPS) is 15.9. The average Bonchev–Trinajstić information content (AvgIpc) is 2.62. The summed E-state index contributed by atoms with van der Waals surface area (Å²) in [5, 5.41) is 10.7. The van der Waals surface area contributed by atoms with Crippen molar-refractivity contribution in [1.82, 2.24) is 0 Å². The predicted molar refractivity (Wildman–Crippen MR) is 94.2 cm³/mol. The highest BCUT2D eigenvalue weighted by Crippen LogP contribution is 2.40. The van der Waals surface area contributed by atoms with E-state index in [9.17, 15) is 5.11 Å². The van der Waals surface area contributed by atoms with Crippen molar-refractivity contribution in [3.05, 3.63) is 53.6 Å². The van der Waals surface area contributed by atoms with Crippen LogP contribution in [0, 0.1) is 0 Å². The third kappa shape index (κ3) is 3.73. The Labute approximate surface area is 137 Å². The van der Waals surface area contributed by atoms with Gasteiger partial charge in [0.05, 0.1) is 12.8 Å². The molecule has 0 amide bonds. The zero-order valence-corrected chi connectivity index (χ0v) is 13.5. The number of benzene rings is 2. The van der Waals surface area contributed by atoms with Gasteiger partial charge < -0.3 is 9.84 Å². The molecule has 3 heteroatoms. The van der Waals surface area contributed by atoms with Crippen molar-refractivity contribution >= 4 is 11.9 Å². The van der Waals surface area contributed by atoms with Crippen LogP contribution in [0.1, 0.15) is 49.1 Å². The minimum atomic E-state index is 0.345. The Bertz CT molecular complexity index is 674. The monoisotopic (exact) mass is 309 g/mol. The molecule has 0 bridgehead atoms. The van der Waals surface area contributed by atoms with E-state index in [1.54, 1.807) is 13.3 Å². The molecule has 0 spiro atoms. The molecule has 0 saturated heterocycles. The quantitative estimate of drug-likeness (QED) is 0.789. The number of nitrogens with zero attached hydrogens (tertiary/aromatic N) is 1. The second kappa shape index (κ2) is 7.32. The summed E-state index contributed by atoms with van der Waals surface area (Å²) in [6, 6.07) is 13.6. The van der Waals surface area contributed by atoms with Gasteiger partial charge in [0.1, 0.15) is 11.5 Å². The highest BCUT2D eigenvalue weighted by atomic mass is 16.5. The van der Waals surface area contributed by atoms with Gasteiger partial charge in [-0.3, -0.25) is 4.99 Å². The summed E-state index contributed by atoms with van der Waals surface area (Å²) in [6.07, 6.45) is 7.75. The number of hydrogen-bond donors (Lipinski definition) is 1. The molecule has 2 aromatic carbocycles. The lowest BCUT2D eigenvalue weighted by atomic mass is 9.83. The summed E-state index contributed by atoms with van der Waals surface area (Å²) < 4.78 is 5.42. The third-order valence-corrected chi connectivity index (χ3v) is 4.53. The van der Waals surface area contributed by atoms with E-state index in [2.05, 4.69) is 4.99 Å². The SMILES string of the molecule is COc1cc(C=Nc2ccccc2)c(O)c(C2CCCCC2)c1. The van der Waals surface area contributed by atoms with Crippen molar-refractivity contribution in [2.75, 3.05) is 7.11 Å². The van der Waals surface area contributed by atoms with Crippen molar-refractivity contribution in [3.8, 4) is 11.5 Å². The molecule has 1 aliphatic rings. The number of phenolic OH excluding ortho intramolecular Hbond substituents is 1. The van der Waals surface area contributed by atoms with Crippen molar-refractivity contribution in [2.24, 2.45) is 4.99 Å². The van der Waals surface area contributed by atoms with Gasteiger partial charge in [-0.05, 0) is 43.0 Å². The van der Waals surface area contributed by atoms with Crippen molar-refractivity contribution in [1.29, 1.82) is 0 Å². The van der Waals surface area contributed by atoms with Crippen LogP contribution >= 0.6 is 0 Å². The third-order valence-electron chi connectivity index (χ3n) is 4.53. The first-order chi connectivity index (χ1) is 11.3. The molecule has 3 rings (SSSR count). The predicted octanol–water partition coefficient (Wildman–Crippen LogP) is 5.20. The summed E-state index contributed by atoms with van der Waals surface area (Å²) in [5.41, 5.74) is 2.58. The fourth-order valence-corrected chi connectivity index (χ4v) is 3.25. The standard InChI is InChI=1S/C20H23NO2/c1-23-18-12-16(14-21-17-10-6-3-7-11-17)20(22)19(13-18)15-8-4-2-5-9-15/h3,6-7,10-15,22H,2,4-5,8-9H2,1H3. The Morgan fingerprint density at radius 3 is 2.52 bits per heavy atom. The summed E-state index contributed by atoms with van der Waals surface area (Å²) in [4.78, 5) is 4.46. The van der Waals surface area contributed by atoms with E-state index in [0.29, 0.717) is 17.2 Å². The lowest BCUT2D eigenvalue weighted by Gasteiger charge is -2.23. The van der Waals surface area contributed by atoms with Crippen LogP contribution in [-0.2, 0) is 0 Å². The lowest BCUT2D eigenvalue weighted by molar-refractivity contribution is 0.396. The van der Waals surface area contributed by atoms with E-state index in [4.69, 9.17) is 4.74 Å². The second-order valence-corrected chi connectivity index (χ2v) is 6.08. The molecule has 23 heavy (non-hydrogen) atoms. The molecule has 1 fully saturated rings. The molecule has 0 aliphatic heterocycles. The summed E-state index contributed by atoms with van der Waals surface area (Å²) in [5.74, 6) is 1.54. The van der Waals surface area contributed by atoms with Gasteiger partial charge in [-0.25, -0.2) is 0 Å². The van der Waals surface area contributed by atoms with Crippen LogP contribution < -0.4 is 4.74 Å². The number of methoxy groups -OCH3 is 1. The van der Waals surface area contributed by atoms with Crippen molar-refractivity contribution < 1.29 is 9.84 Å². The molecule has 1 saturated carbocycles. The maximum atomic E-state index is 10.7. The average molecular weight is 309 g/mol. The van der Waals surface area contributed by atoms with Crippen LogP contribution in [-0.4, -0.2) is 18.4 Å². The maximum Gasteiger partial charge on any atom is 0.128 e. The van der Waals surface area contributed by atoms with Crippen LogP contribution in [0.4, 0.5) is 5.69 Å². The van der Waals surface area contributed by atoms with Crippen LogP contribution in [0.3, 0.4) is 0 Å². The first kappa shape index (κ1) is 15.6. The van der Waals surface area contributed by atoms with E-state index in [1.807, 2.05) is 42.5 Å². The fraction of sp³-hybridized carbons (Fsp3) is 0.350. The topological polar surface area (TPSA) is 41.8 Å². The number of ether oxygens (including phenoxy) is 1. The van der Waals surface area contributed by atoms with Gasteiger partial charge in [0.25, 0.3) is 0 Å². The fourth-order valence-electron chi connectivity index (χ4n) is 3.25. The Balaban J connectivity index is 1.94. The molecular weight excluding hydrogens is 286 g/mol. The highest BCUT2D eigenvalue weighted by Gasteiger charge is 2.21. The minimum Gasteiger partial charge on any atom is -0.507 e. The first-order valence-corrected chi connectivity index (χ1v) is 8.28. The first-order valence-electron chi connectivity index (χ1n) is 8.28. The Morgan fingerprint density at radius 1 is 1.09 bits per heavy atom. The van der Waals surface area contributed by atoms with Crippen LogP contribution in [0.15, 0.2) is 47.5 Å². The van der Waals surface area contributed by atoms with E-state index in [0.717, 1.165) is 29.8 Å². The second-order valence-electron chi connectivity index (χ2n) is 6.08. The van der Waals surface area contributed by atoms with Crippen molar-refractivity contribution in [3.63, 3.8) is 0 Å². The molecule has 0 unspecified atom stereocenters. The van der Waals surface area contributed by atoms with E-state index in [1.165, 1.54) is 19.3 Å². The van der Waals surface area contributed by atoms with Gasteiger partial charge in [0, 0.05) is 17.3 Å². The highest BCUT2D eigenvalue weighted by molar-refractivity contribution is 5.86.